The molecule has 2 rings (SSSR count). The Bertz CT molecular complexity index is 593. The van der Waals surface area contributed by atoms with Crippen molar-refractivity contribution in [2.45, 2.75) is 0 Å². The van der Waals surface area contributed by atoms with E-state index in [1.807, 2.05) is 0 Å². The van der Waals surface area contributed by atoms with Gasteiger partial charge in [0, 0.05) is 5.56 Å². The van der Waals surface area contributed by atoms with Crippen molar-refractivity contribution in [1.82, 2.24) is 0 Å². The lowest BCUT2D eigenvalue weighted by atomic mass is 10.1. The largest absolute Gasteiger partial charge is 0.504 e. The second-order valence-electron chi connectivity index (χ2n) is 4.03. The highest BCUT2D eigenvalue weighted by Gasteiger charge is 2.08. The number of hydrogen-bond acceptors (Lipinski definition) is 5. The standard InChI is InChI=1S/C15H15NO4/c1-19-12-8-6-11(7-9-12)13(16-18)10-20-15-5-3-2-4-14(15)17/h2-9,17-18H,10H2,1H3/b16-13+. The molecule has 0 fully saturated rings. The second-order valence-corrected chi connectivity index (χ2v) is 4.03. The molecule has 0 saturated carbocycles. The van der Waals surface area contributed by atoms with E-state index >= 15 is 0 Å². The molecule has 0 aliphatic carbocycles. The Kier molecular flexibility index (Phi) is 4.44. The van der Waals surface area contributed by atoms with E-state index in [0.29, 0.717) is 22.8 Å². The van der Waals surface area contributed by atoms with E-state index < -0.39 is 0 Å². The van der Waals surface area contributed by atoms with Gasteiger partial charge in [0.05, 0.1) is 7.11 Å². The number of aromatic hydroxyl groups is 1. The summed E-state index contributed by atoms with van der Waals surface area (Å²) in [6, 6.07) is 13.7. The first-order valence-electron chi connectivity index (χ1n) is 6.00. The van der Waals surface area contributed by atoms with Crippen molar-refractivity contribution in [1.29, 1.82) is 0 Å². The fourth-order valence-corrected chi connectivity index (χ4v) is 1.68. The monoisotopic (exact) mass is 273 g/mol. The van der Waals surface area contributed by atoms with Crippen LogP contribution >= 0.6 is 0 Å². The number of oxime groups is 1. The fraction of sp³-hybridized carbons (Fsp3) is 0.133. The van der Waals surface area contributed by atoms with Crippen molar-refractivity contribution >= 4 is 5.71 Å². The first-order chi connectivity index (χ1) is 9.74. The minimum Gasteiger partial charge on any atom is -0.504 e. The minimum absolute atomic E-state index is 0.0412. The number of rotatable bonds is 5. The summed E-state index contributed by atoms with van der Waals surface area (Å²) in [6.45, 7) is 0.0421. The Balaban J connectivity index is 2.08. The van der Waals surface area contributed by atoms with Gasteiger partial charge < -0.3 is 19.8 Å². The van der Waals surface area contributed by atoms with Gasteiger partial charge in [-0.15, -0.1) is 0 Å². The van der Waals surface area contributed by atoms with Gasteiger partial charge >= 0.3 is 0 Å². The highest BCUT2D eigenvalue weighted by atomic mass is 16.5. The van der Waals surface area contributed by atoms with Gasteiger partial charge in [0.1, 0.15) is 18.1 Å². The van der Waals surface area contributed by atoms with E-state index in [4.69, 9.17) is 14.7 Å². The lowest BCUT2D eigenvalue weighted by Gasteiger charge is -2.09. The van der Waals surface area contributed by atoms with Crippen molar-refractivity contribution in [2.75, 3.05) is 13.7 Å². The predicted molar refractivity (Wildman–Crippen MR) is 74.9 cm³/mol. The summed E-state index contributed by atoms with van der Waals surface area (Å²) >= 11 is 0. The third-order valence-electron chi connectivity index (χ3n) is 2.77. The average molecular weight is 273 g/mol. The molecule has 5 heteroatoms. The quantitative estimate of drug-likeness (QED) is 0.499. The van der Waals surface area contributed by atoms with Crippen LogP contribution in [0, 0.1) is 0 Å². The number of phenolic OH excluding ortho intramolecular Hbond substituents is 1. The molecule has 0 unspecified atom stereocenters. The Morgan fingerprint density at radius 2 is 1.80 bits per heavy atom. The first kappa shape index (κ1) is 13.7. The number of phenols is 1. The van der Waals surface area contributed by atoms with Crippen LogP contribution in [0.1, 0.15) is 5.56 Å². The van der Waals surface area contributed by atoms with Gasteiger partial charge in [0.2, 0.25) is 0 Å². The summed E-state index contributed by atoms with van der Waals surface area (Å²) in [5, 5.41) is 21.9. The number of nitrogens with zero attached hydrogens (tertiary/aromatic N) is 1. The van der Waals surface area contributed by atoms with Crippen molar-refractivity contribution < 1.29 is 19.8 Å². The van der Waals surface area contributed by atoms with Crippen LogP contribution in [-0.4, -0.2) is 29.7 Å². The van der Waals surface area contributed by atoms with Gasteiger partial charge in [-0.3, -0.25) is 0 Å². The van der Waals surface area contributed by atoms with Crippen LogP contribution in [0.2, 0.25) is 0 Å². The van der Waals surface area contributed by atoms with Gasteiger partial charge in [-0.1, -0.05) is 17.3 Å². The number of hydrogen-bond donors (Lipinski definition) is 2. The fourth-order valence-electron chi connectivity index (χ4n) is 1.68. The molecule has 0 amide bonds. The van der Waals surface area contributed by atoms with Gasteiger partial charge in [-0.25, -0.2) is 0 Å². The Morgan fingerprint density at radius 1 is 1.10 bits per heavy atom. The minimum atomic E-state index is 0.0412. The zero-order chi connectivity index (χ0) is 14.4. The van der Waals surface area contributed by atoms with Gasteiger partial charge in [0.25, 0.3) is 0 Å². The smallest absolute Gasteiger partial charge is 0.161 e. The molecule has 2 N–H and O–H groups in total. The maximum Gasteiger partial charge on any atom is 0.161 e. The van der Waals surface area contributed by atoms with Crippen LogP contribution in [0.5, 0.6) is 17.2 Å². The van der Waals surface area contributed by atoms with Crippen LogP contribution in [-0.2, 0) is 0 Å². The number of benzene rings is 2. The Morgan fingerprint density at radius 3 is 2.40 bits per heavy atom. The number of ether oxygens (including phenoxy) is 2. The highest BCUT2D eigenvalue weighted by molar-refractivity contribution is 6.01. The van der Waals surface area contributed by atoms with Crippen molar-refractivity contribution in [3.8, 4) is 17.2 Å². The first-order valence-corrected chi connectivity index (χ1v) is 6.00. The van der Waals surface area contributed by atoms with Crippen molar-refractivity contribution in [3.63, 3.8) is 0 Å². The molecule has 0 spiro atoms. The van der Waals surface area contributed by atoms with Gasteiger partial charge in [-0.2, -0.15) is 0 Å². The zero-order valence-corrected chi connectivity index (χ0v) is 11.0. The lowest BCUT2D eigenvalue weighted by molar-refractivity contribution is 0.304. The maximum absolute atomic E-state index is 9.59. The van der Waals surface area contributed by atoms with Crippen LogP contribution in [0.4, 0.5) is 0 Å². The van der Waals surface area contributed by atoms with E-state index in [2.05, 4.69) is 5.16 Å². The molecule has 0 atom stereocenters. The topological polar surface area (TPSA) is 71.3 Å². The number of methoxy groups -OCH3 is 1. The zero-order valence-electron chi connectivity index (χ0n) is 11.0. The number of para-hydroxylation sites is 2. The molecule has 0 radical (unpaired) electrons. The normalized spacial score (nSPS) is 11.2. The summed E-state index contributed by atoms with van der Waals surface area (Å²) in [6.07, 6.45) is 0. The van der Waals surface area contributed by atoms with Gasteiger partial charge in [-0.05, 0) is 36.4 Å². The molecule has 0 aliphatic heterocycles. The van der Waals surface area contributed by atoms with Crippen molar-refractivity contribution in [2.24, 2.45) is 5.16 Å². The summed E-state index contributed by atoms with van der Waals surface area (Å²) in [5.74, 6) is 1.09. The van der Waals surface area contributed by atoms with E-state index in [1.54, 1.807) is 49.6 Å². The third-order valence-corrected chi connectivity index (χ3v) is 2.77. The molecular weight excluding hydrogens is 258 g/mol. The molecule has 0 bridgehead atoms. The van der Waals surface area contributed by atoms with E-state index in [-0.39, 0.29) is 12.4 Å². The van der Waals surface area contributed by atoms with E-state index in [0.717, 1.165) is 0 Å². The summed E-state index contributed by atoms with van der Waals surface area (Å²) in [5.41, 5.74) is 1.07. The van der Waals surface area contributed by atoms with Crippen LogP contribution in [0.15, 0.2) is 53.7 Å². The SMILES string of the molecule is COc1ccc(/C(COc2ccccc2O)=N/O)cc1. The summed E-state index contributed by atoms with van der Waals surface area (Å²) in [7, 11) is 1.58. The van der Waals surface area contributed by atoms with Crippen LogP contribution in [0.3, 0.4) is 0 Å². The summed E-state index contributed by atoms with van der Waals surface area (Å²) in [4.78, 5) is 0. The molecule has 104 valence electrons. The molecule has 0 saturated heterocycles. The average Bonchev–Trinajstić information content (AvgIpc) is 2.50. The van der Waals surface area contributed by atoms with Crippen molar-refractivity contribution in [3.05, 3.63) is 54.1 Å². The van der Waals surface area contributed by atoms with E-state index in [9.17, 15) is 5.11 Å². The lowest BCUT2D eigenvalue weighted by Crippen LogP contribution is -2.13. The van der Waals surface area contributed by atoms with Gasteiger partial charge in [0.15, 0.2) is 11.5 Å². The van der Waals surface area contributed by atoms with E-state index in [1.165, 1.54) is 6.07 Å². The molecule has 0 aromatic heterocycles. The van der Waals surface area contributed by atoms with Crippen LogP contribution < -0.4 is 9.47 Å². The Hall–Kier alpha value is -2.69. The molecule has 20 heavy (non-hydrogen) atoms. The van der Waals surface area contributed by atoms with Crippen LogP contribution in [0.25, 0.3) is 0 Å². The summed E-state index contributed by atoms with van der Waals surface area (Å²) < 4.78 is 10.5. The maximum atomic E-state index is 9.59. The molecule has 2 aromatic rings. The highest BCUT2D eigenvalue weighted by Crippen LogP contribution is 2.24. The molecule has 5 nitrogen and oxygen atoms in total. The molecule has 2 aromatic carbocycles. The molecule has 0 heterocycles. The molecule has 0 aliphatic rings. The third kappa shape index (κ3) is 3.20. The molecular formula is C15H15NO4. The predicted octanol–water partition coefficient (Wildman–Crippen LogP) is 2.66. The second kappa shape index (κ2) is 6.47. The Labute approximate surface area is 116 Å².